The molecule has 0 saturated carbocycles. The number of hydrogen-bond donors (Lipinski definition) is 0. The standard InChI is InChI=1S/C16H20N2O3/c1-2-21-16(20)10-4-3-7-11-18-14-9-6-5-8-13(14)17-12-15(18)19/h5-6,8-9,12H,2-4,7,10-11H2,1H3. The van der Waals surface area contributed by atoms with Gasteiger partial charge in [0.2, 0.25) is 0 Å². The van der Waals surface area contributed by atoms with Crippen molar-refractivity contribution < 1.29 is 9.53 Å². The molecule has 112 valence electrons. The molecular formula is C16H20N2O3. The number of fused-ring (bicyclic) bond motifs is 1. The van der Waals surface area contributed by atoms with E-state index in [0.717, 1.165) is 30.3 Å². The Labute approximate surface area is 123 Å². The van der Waals surface area contributed by atoms with Crippen LogP contribution < -0.4 is 5.56 Å². The fourth-order valence-corrected chi connectivity index (χ4v) is 2.29. The van der Waals surface area contributed by atoms with E-state index in [-0.39, 0.29) is 11.5 Å². The van der Waals surface area contributed by atoms with Crippen LogP contribution in [0, 0.1) is 0 Å². The molecule has 1 aromatic carbocycles. The van der Waals surface area contributed by atoms with Gasteiger partial charge >= 0.3 is 5.97 Å². The first-order valence-electron chi connectivity index (χ1n) is 7.32. The summed E-state index contributed by atoms with van der Waals surface area (Å²) in [5, 5.41) is 0. The number of aromatic nitrogens is 2. The van der Waals surface area contributed by atoms with E-state index in [0.29, 0.717) is 19.6 Å². The largest absolute Gasteiger partial charge is 0.466 e. The van der Waals surface area contributed by atoms with Gasteiger partial charge in [0.1, 0.15) is 0 Å². The van der Waals surface area contributed by atoms with Gasteiger partial charge in [-0.25, -0.2) is 4.98 Å². The fraction of sp³-hybridized carbons (Fsp3) is 0.438. The van der Waals surface area contributed by atoms with Gasteiger partial charge in [0.25, 0.3) is 5.56 Å². The van der Waals surface area contributed by atoms with Crippen molar-refractivity contribution in [2.24, 2.45) is 0 Å². The van der Waals surface area contributed by atoms with Crippen LogP contribution in [-0.4, -0.2) is 22.1 Å². The second-order valence-corrected chi connectivity index (χ2v) is 4.85. The van der Waals surface area contributed by atoms with Gasteiger partial charge in [-0.05, 0) is 31.9 Å². The highest BCUT2D eigenvalue weighted by atomic mass is 16.5. The van der Waals surface area contributed by atoms with Crippen molar-refractivity contribution in [3.05, 3.63) is 40.8 Å². The quantitative estimate of drug-likeness (QED) is 0.580. The Hall–Kier alpha value is -2.17. The third-order valence-electron chi connectivity index (χ3n) is 3.32. The Kier molecular flexibility index (Phi) is 5.49. The van der Waals surface area contributed by atoms with Crippen molar-refractivity contribution in [2.45, 2.75) is 39.2 Å². The number of ether oxygens (including phenoxy) is 1. The molecular weight excluding hydrogens is 268 g/mol. The SMILES string of the molecule is CCOC(=O)CCCCCn1c(=O)cnc2ccccc21. The first kappa shape index (κ1) is 15.2. The Bertz CT molecular complexity index is 664. The summed E-state index contributed by atoms with van der Waals surface area (Å²) >= 11 is 0. The van der Waals surface area contributed by atoms with E-state index in [2.05, 4.69) is 4.98 Å². The number of aryl methyl sites for hydroxylation is 1. The van der Waals surface area contributed by atoms with Gasteiger partial charge in [0.05, 0.1) is 23.8 Å². The van der Waals surface area contributed by atoms with Crippen LogP contribution in [0.4, 0.5) is 0 Å². The van der Waals surface area contributed by atoms with Crippen LogP contribution in [0.5, 0.6) is 0 Å². The van der Waals surface area contributed by atoms with Crippen molar-refractivity contribution in [1.29, 1.82) is 0 Å². The first-order valence-corrected chi connectivity index (χ1v) is 7.32. The van der Waals surface area contributed by atoms with Crippen LogP contribution in [0.1, 0.15) is 32.6 Å². The van der Waals surface area contributed by atoms with Crippen LogP contribution in [0.3, 0.4) is 0 Å². The third kappa shape index (κ3) is 4.15. The third-order valence-corrected chi connectivity index (χ3v) is 3.32. The Morgan fingerprint density at radius 1 is 1.24 bits per heavy atom. The number of rotatable bonds is 7. The Morgan fingerprint density at radius 3 is 2.86 bits per heavy atom. The minimum atomic E-state index is -0.149. The predicted molar refractivity (Wildman–Crippen MR) is 81.1 cm³/mol. The van der Waals surface area contributed by atoms with E-state index in [1.807, 2.05) is 24.3 Å². The predicted octanol–water partition coefficient (Wildman–Crippen LogP) is 2.52. The lowest BCUT2D eigenvalue weighted by atomic mass is 10.2. The molecule has 21 heavy (non-hydrogen) atoms. The minimum absolute atomic E-state index is 0.0842. The zero-order valence-corrected chi connectivity index (χ0v) is 12.2. The number of esters is 1. The van der Waals surface area contributed by atoms with Crippen molar-refractivity contribution in [1.82, 2.24) is 9.55 Å². The average Bonchev–Trinajstić information content (AvgIpc) is 2.49. The summed E-state index contributed by atoms with van der Waals surface area (Å²) in [5.41, 5.74) is 1.60. The molecule has 0 bridgehead atoms. The molecule has 1 aromatic heterocycles. The number of benzene rings is 1. The summed E-state index contributed by atoms with van der Waals surface area (Å²) < 4.78 is 6.62. The molecule has 0 aliphatic rings. The van der Waals surface area contributed by atoms with Crippen LogP contribution in [-0.2, 0) is 16.1 Å². The van der Waals surface area contributed by atoms with Gasteiger partial charge in [0.15, 0.2) is 0 Å². The van der Waals surface area contributed by atoms with Crippen molar-refractivity contribution in [3.63, 3.8) is 0 Å². The molecule has 0 amide bonds. The number of nitrogens with zero attached hydrogens (tertiary/aromatic N) is 2. The van der Waals surface area contributed by atoms with E-state index < -0.39 is 0 Å². The normalized spacial score (nSPS) is 10.7. The zero-order chi connectivity index (χ0) is 15.1. The molecule has 0 unspecified atom stereocenters. The van der Waals surface area contributed by atoms with Crippen LogP contribution in [0.15, 0.2) is 35.3 Å². The second kappa shape index (κ2) is 7.57. The number of para-hydroxylation sites is 2. The number of hydrogen-bond acceptors (Lipinski definition) is 4. The lowest BCUT2D eigenvalue weighted by Crippen LogP contribution is -2.20. The minimum Gasteiger partial charge on any atom is -0.466 e. The maximum absolute atomic E-state index is 11.9. The van der Waals surface area contributed by atoms with Gasteiger partial charge in [0, 0.05) is 13.0 Å². The first-order chi connectivity index (χ1) is 10.2. The van der Waals surface area contributed by atoms with Gasteiger partial charge in [-0.2, -0.15) is 0 Å². The topological polar surface area (TPSA) is 61.2 Å². The number of carbonyl (C=O) groups excluding carboxylic acids is 1. The highest BCUT2D eigenvalue weighted by Crippen LogP contribution is 2.10. The molecule has 0 saturated heterocycles. The van der Waals surface area contributed by atoms with Crippen molar-refractivity contribution >= 4 is 17.0 Å². The van der Waals surface area contributed by atoms with Crippen LogP contribution in [0.2, 0.25) is 0 Å². The van der Waals surface area contributed by atoms with E-state index in [9.17, 15) is 9.59 Å². The molecule has 0 atom stereocenters. The van der Waals surface area contributed by atoms with Crippen LogP contribution in [0.25, 0.3) is 11.0 Å². The smallest absolute Gasteiger partial charge is 0.305 e. The number of unbranched alkanes of at least 4 members (excludes halogenated alkanes) is 2. The second-order valence-electron chi connectivity index (χ2n) is 4.85. The Balaban J connectivity index is 1.90. The molecule has 0 spiro atoms. The van der Waals surface area contributed by atoms with Gasteiger partial charge in [-0.15, -0.1) is 0 Å². The lowest BCUT2D eigenvalue weighted by Gasteiger charge is -2.09. The van der Waals surface area contributed by atoms with Crippen molar-refractivity contribution in [3.8, 4) is 0 Å². The van der Waals surface area contributed by atoms with Gasteiger partial charge in [-0.1, -0.05) is 18.6 Å². The maximum atomic E-state index is 11.9. The molecule has 5 nitrogen and oxygen atoms in total. The highest BCUT2D eigenvalue weighted by molar-refractivity contribution is 5.74. The van der Waals surface area contributed by atoms with Crippen LogP contribution >= 0.6 is 0 Å². The fourth-order valence-electron chi connectivity index (χ4n) is 2.29. The summed E-state index contributed by atoms with van der Waals surface area (Å²) in [4.78, 5) is 27.3. The van der Waals surface area contributed by atoms with Crippen molar-refractivity contribution in [2.75, 3.05) is 6.61 Å². The molecule has 1 heterocycles. The highest BCUT2D eigenvalue weighted by Gasteiger charge is 2.04. The summed E-state index contributed by atoms with van der Waals surface area (Å²) in [6.07, 6.45) is 4.34. The zero-order valence-electron chi connectivity index (χ0n) is 12.2. The molecule has 0 fully saturated rings. The van der Waals surface area contributed by atoms with E-state index in [1.54, 1.807) is 11.5 Å². The molecule has 5 heteroatoms. The summed E-state index contributed by atoms with van der Waals surface area (Å²) in [5.74, 6) is -0.149. The lowest BCUT2D eigenvalue weighted by molar-refractivity contribution is -0.143. The summed E-state index contributed by atoms with van der Waals surface area (Å²) in [6.45, 7) is 2.88. The van der Waals surface area contributed by atoms with E-state index >= 15 is 0 Å². The summed E-state index contributed by atoms with van der Waals surface area (Å²) in [7, 11) is 0. The summed E-state index contributed by atoms with van der Waals surface area (Å²) in [6, 6.07) is 7.61. The molecule has 2 rings (SSSR count). The molecule has 2 aromatic rings. The molecule has 0 aliphatic heterocycles. The van der Waals surface area contributed by atoms with Gasteiger partial charge in [-0.3, -0.25) is 9.59 Å². The number of carbonyl (C=O) groups is 1. The molecule has 0 radical (unpaired) electrons. The van der Waals surface area contributed by atoms with E-state index in [4.69, 9.17) is 4.74 Å². The van der Waals surface area contributed by atoms with E-state index in [1.165, 1.54) is 6.20 Å². The molecule has 0 aliphatic carbocycles. The average molecular weight is 288 g/mol. The van der Waals surface area contributed by atoms with Gasteiger partial charge < -0.3 is 9.30 Å². The maximum Gasteiger partial charge on any atom is 0.305 e. The Morgan fingerprint density at radius 2 is 2.05 bits per heavy atom. The molecule has 0 N–H and O–H groups in total. The monoisotopic (exact) mass is 288 g/mol.